The average Bonchev–Trinajstić information content (AvgIpc) is 3.30. The number of ether oxygens (including phenoxy) is 1. The van der Waals surface area contributed by atoms with Gasteiger partial charge in [0, 0.05) is 37.9 Å². The third kappa shape index (κ3) is 4.73. The summed E-state index contributed by atoms with van der Waals surface area (Å²) in [5.74, 6) is 0.873. The van der Waals surface area contributed by atoms with Gasteiger partial charge in [-0.05, 0) is 36.4 Å². The van der Waals surface area contributed by atoms with Gasteiger partial charge in [-0.15, -0.1) is 0 Å². The third-order valence-electron chi connectivity index (χ3n) is 5.31. The fraction of sp³-hybridized carbons (Fsp3) is 0.435. The molecule has 0 N–H and O–H groups in total. The molecule has 0 radical (unpaired) electrons. The summed E-state index contributed by atoms with van der Waals surface area (Å²) in [6.07, 6.45) is -0.689. The van der Waals surface area contributed by atoms with Crippen LogP contribution in [0.15, 0.2) is 36.5 Å². The molecule has 32 heavy (non-hydrogen) atoms. The molecule has 3 heterocycles. The Kier molecular flexibility index (Phi) is 6.13. The molecule has 9 heteroatoms. The van der Waals surface area contributed by atoms with Crippen LogP contribution in [0.1, 0.15) is 37.7 Å². The summed E-state index contributed by atoms with van der Waals surface area (Å²) in [5.41, 5.74) is 2.46. The van der Waals surface area contributed by atoms with Crippen molar-refractivity contribution >= 4 is 30.1 Å². The van der Waals surface area contributed by atoms with Crippen molar-refractivity contribution < 1.29 is 13.5 Å². The minimum absolute atomic E-state index is 0.0948. The van der Waals surface area contributed by atoms with E-state index in [4.69, 9.17) is 4.74 Å². The van der Waals surface area contributed by atoms with E-state index in [1.807, 2.05) is 42.8 Å². The maximum absolute atomic E-state index is 13.3. The first-order valence-corrected chi connectivity index (χ1v) is 14.6. The number of imidazole rings is 1. The summed E-state index contributed by atoms with van der Waals surface area (Å²) in [5, 5.41) is 5.53. The standard InChI is InChI=1S/C23H29F2N5OSi/c1-15(2)22-27-20-9-8-19(21(24)25)26-23(20)30(22)17-6-7-18-16(12-17)13-29(28-18)14-31-10-11-32(3,4)5/h6-9,12-13,15,21H,10-11,14H2,1-5H3. The summed E-state index contributed by atoms with van der Waals surface area (Å²) < 4.78 is 36.0. The topological polar surface area (TPSA) is 57.8 Å². The van der Waals surface area contributed by atoms with Gasteiger partial charge in [0.1, 0.15) is 23.8 Å². The van der Waals surface area contributed by atoms with Crippen LogP contribution >= 0.6 is 0 Å². The van der Waals surface area contributed by atoms with Crippen molar-refractivity contribution in [2.24, 2.45) is 0 Å². The van der Waals surface area contributed by atoms with Gasteiger partial charge >= 0.3 is 0 Å². The van der Waals surface area contributed by atoms with Crippen LogP contribution in [0.2, 0.25) is 25.7 Å². The molecule has 0 saturated heterocycles. The van der Waals surface area contributed by atoms with Crippen LogP contribution in [0.5, 0.6) is 0 Å². The van der Waals surface area contributed by atoms with E-state index in [0.29, 0.717) is 17.9 Å². The lowest BCUT2D eigenvalue weighted by Crippen LogP contribution is -2.22. The average molecular weight is 458 g/mol. The maximum atomic E-state index is 13.3. The zero-order valence-corrected chi connectivity index (χ0v) is 20.1. The highest BCUT2D eigenvalue weighted by Gasteiger charge is 2.19. The second kappa shape index (κ2) is 8.71. The van der Waals surface area contributed by atoms with E-state index in [0.717, 1.165) is 35.1 Å². The quantitative estimate of drug-likeness (QED) is 0.235. The van der Waals surface area contributed by atoms with Crippen molar-refractivity contribution in [3.05, 3.63) is 48.0 Å². The number of nitrogens with zero attached hydrogens (tertiary/aromatic N) is 5. The predicted octanol–water partition coefficient (Wildman–Crippen LogP) is 6.14. The van der Waals surface area contributed by atoms with Gasteiger partial charge in [0.25, 0.3) is 6.43 Å². The van der Waals surface area contributed by atoms with Gasteiger partial charge < -0.3 is 4.74 Å². The number of hydrogen-bond acceptors (Lipinski definition) is 4. The second-order valence-electron chi connectivity index (χ2n) is 9.60. The first-order chi connectivity index (χ1) is 15.1. The van der Waals surface area contributed by atoms with Crippen LogP contribution in [-0.4, -0.2) is 39.0 Å². The molecule has 0 atom stereocenters. The van der Waals surface area contributed by atoms with Crippen LogP contribution in [0.4, 0.5) is 8.78 Å². The SMILES string of the molecule is CC(C)c1nc2ccc(C(F)F)nc2n1-c1ccc2nn(COCC[Si](C)(C)C)cc2c1. The molecule has 0 saturated carbocycles. The Morgan fingerprint density at radius 2 is 1.78 bits per heavy atom. The fourth-order valence-electron chi connectivity index (χ4n) is 3.56. The van der Waals surface area contributed by atoms with Crippen molar-refractivity contribution in [2.45, 2.75) is 58.6 Å². The normalized spacial score (nSPS) is 12.7. The van der Waals surface area contributed by atoms with Crippen LogP contribution in [0.25, 0.3) is 27.8 Å². The number of fused-ring (bicyclic) bond motifs is 2. The lowest BCUT2D eigenvalue weighted by molar-refractivity contribution is 0.0791. The van der Waals surface area contributed by atoms with E-state index in [1.165, 1.54) is 6.07 Å². The van der Waals surface area contributed by atoms with Gasteiger partial charge in [0.15, 0.2) is 5.65 Å². The number of rotatable bonds is 8. The molecule has 0 aliphatic rings. The van der Waals surface area contributed by atoms with Crippen molar-refractivity contribution in [2.75, 3.05) is 6.61 Å². The first kappa shape index (κ1) is 22.5. The molecule has 3 aromatic heterocycles. The minimum Gasteiger partial charge on any atom is -0.360 e. The summed E-state index contributed by atoms with van der Waals surface area (Å²) in [4.78, 5) is 8.88. The zero-order chi connectivity index (χ0) is 23.0. The number of benzene rings is 1. The molecule has 0 aliphatic carbocycles. The van der Waals surface area contributed by atoms with Gasteiger partial charge in [-0.1, -0.05) is 33.5 Å². The largest absolute Gasteiger partial charge is 0.360 e. The number of halogens is 2. The molecule has 0 unspecified atom stereocenters. The van der Waals surface area contributed by atoms with Crippen molar-refractivity contribution in [3.63, 3.8) is 0 Å². The summed E-state index contributed by atoms with van der Waals surface area (Å²) in [7, 11) is -1.13. The number of alkyl halides is 2. The molecule has 0 aliphatic heterocycles. The van der Waals surface area contributed by atoms with E-state index >= 15 is 0 Å². The van der Waals surface area contributed by atoms with E-state index in [2.05, 4.69) is 34.7 Å². The Morgan fingerprint density at radius 3 is 2.47 bits per heavy atom. The van der Waals surface area contributed by atoms with Gasteiger partial charge in [-0.2, -0.15) is 5.10 Å². The molecule has 4 rings (SSSR count). The molecule has 0 bridgehead atoms. The molecular formula is C23H29F2N5OSi. The minimum atomic E-state index is -2.63. The predicted molar refractivity (Wildman–Crippen MR) is 125 cm³/mol. The molecule has 1 aromatic carbocycles. The highest BCUT2D eigenvalue weighted by molar-refractivity contribution is 6.76. The van der Waals surface area contributed by atoms with Crippen LogP contribution in [0, 0.1) is 0 Å². The molecule has 6 nitrogen and oxygen atoms in total. The monoisotopic (exact) mass is 457 g/mol. The lowest BCUT2D eigenvalue weighted by atomic mass is 10.2. The first-order valence-electron chi connectivity index (χ1n) is 10.9. The number of aromatic nitrogens is 5. The Bertz CT molecular complexity index is 1240. The van der Waals surface area contributed by atoms with E-state index in [-0.39, 0.29) is 11.6 Å². The summed E-state index contributed by atoms with van der Waals surface area (Å²) >= 11 is 0. The van der Waals surface area contributed by atoms with Crippen molar-refractivity contribution in [3.8, 4) is 5.69 Å². The smallest absolute Gasteiger partial charge is 0.280 e. The highest BCUT2D eigenvalue weighted by Crippen LogP contribution is 2.28. The molecule has 0 fully saturated rings. The van der Waals surface area contributed by atoms with Crippen LogP contribution in [0.3, 0.4) is 0 Å². The van der Waals surface area contributed by atoms with Crippen molar-refractivity contribution in [1.82, 2.24) is 24.3 Å². The van der Waals surface area contributed by atoms with Crippen molar-refractivity contribution in [1.29, 1.82) is 0 Å². The third-order valence-corrected chi connectivity index (χ3v) is 7.01. The van der Waals surface area contributed by atoms with Gasteiger partial charge in [0.05, 0.1) is 5.52 Å². The molecule has 0 spiro atoms. The van der Waals surface area contributed by atoms with E-state index < -0.39 is 14.5 Å². The Labute approximate surface area is 187 Å². The second-order valence-corrected chi connectivity index (χ2v) is 15.2. The molecular weight excluding hydrogens is 428 g/mol. The Hall–Kier alpha value is -2.65. The highest BCUT2D eigenvalue weighted by atomic mass is 28.3. The summed E-state index contributed by atoms with van der Waals surface area (Å²) in [6, 6.07) is 9.90. The molecule has 4 aromatic rings. The van der Waals surface area contributed by atoms with Gasteiger partial charge in [0.2, 0.25) is 0 Å². The van der Waals surface area contributed by atoms with E-state index in [9.17, 15) is 8.78 Å². The van der Waals surface area contributed by atoms with Gasteiger partial charge in [-0.3, -0.25) is 4.57 Å². The Morgan fingerprint density at radius 1 is 1.03 bits per heavy atom. The zero-order valence-electron chi connectivity index (χ0n) is 19.1. The maximum Gasteiger partial charge on any atom is 0.280 e. The number of pyridine rings is 1. The lowest BCUT2D eigenvalue weighted by Gasteiger charge is -2.15. The number of hydrogen-bond donors (Lipinski definition) is 0. The molecule has 0 amide bonds. The van der Waals surface area contributed by atoms with Crippen LogP contribution in [-0.2, 0) is 11.5 Å². The Balaban J connectivity index is 1.68. The van der Waals surface area contributed by atoms with Gasteiger partial charge in [-0.25, -0.2) is 23.4 Å². The van der Waals surface area contributed by atoms with Crippen LogP contribution < -0.4 is 0 Å². The molecule has 170 valence electrons. The fourth-order valence-corrected chi connectivity index (χ4v) is 4.32. The van der Waals surface area contributed by atoms with E-state index in [1.54, 1.807) is 10.7 Å². The summed E-state index contributed by atoms with van der Waals surface area (Å²) in [6.45, 7) is 12.2.